The van der Waals surface area contributed by atoms with Crippen molar-refractivity contribution in [1.82, 2.24) is 4.98 Å². The van der Waals surface area contributed by atoms with Crippen LogP contribution in [0.15, 0.2) is 12.3 Å². The van der Waals surface area contributed by atoms with Gasteiger partial charge in [-0.25, -0.2) is 9.78 Å². The molecular weight excluding hydrogens is 248 g/mol. The number of aromatic nitrogens is 1. The van der Waals surface area contributed by atoms with E-state index in [-0.39, 0.29) is 23.7 Å². The van der Waals surface area contributed by atoms with Gasteiger partial charge in [-0.15, -0.1) is 0 Å². The van der Waals surface area contributed by atoms with Crippen LogP contribution in [-0.4, -0.2) is 29.0 Å². The highest BCUT2D eigenvalue weighted by atomic mass is 16.5. The SMILES string of the molecule is CCOC(=O)c1ccnc(NC(C)(C)C(N)=O)c1N. The summed E-state index contributed by atoms with van der Waals surface area (Å²) in [4.78, 5) is 26.9. The van der Waals surface area contributed by atoms with Crippen LogP contribution in [0.4, 0.5) is 11.5 Å². The van der Waals surface area contributed by atoms with Gasteiger partial charge in [-0.05, 0) is 26.8 Å². The van der Waals surface area contributed by atoms with Crippen LogP contribution in [0.1, 0.15) is 31.1 Å². The molecule has 0 atom stereocenters. The van der Waals surface area contributed by atoms with Crippen molar-refractivity contribution < 1.29 is 14.3 Å². The molecule has 0 spiro atoms. The zero-order valence-electron chi connectivity index (χ0n) is 11.2. The molecule has 0 radical (unpaired) electrons. The maximum absolute atomic E-state index is 11.7. The van der Waals surface area contributed by atoms with Crippen molar-refractivity contribution in [2.24, 2.45) is 5.73 Å². The first-order valence-electron chi connectivity index (χ1n) is 5.79. The number of nitrogen functional groups attached to an aromatic ring is 1. The monoisotopic (exact) mass is 266 g/mol. The molecule has 0 aromatic carbocycles. The summed E-state index contributed by atoms with van der Waals surface area (Å²) < 4.78 is 4.88. The van der Waals surface area contributed by atoms with Crippen LogP contribution >= 0.6 is 0 Å². The third-order valence-corrected chi connectivity index (χ3v) is 2.53. The Labute approximate surface area is 111 Å². The molecule has 0 unspecified atom stereocenters. The molecule has 0 saturated heterocycles. The maximum Gasteiger partial charge on any atom is 0.340 e. The van der Waals surface area contributed by atoms with E-state index >= 15 is 0 Å². The Morgan fingerprint density at radius 2 is 2.11 bits per heavy atom. The molecule has 7 heteroatoms. The molecule has 1 amide bonds. The predicted octanol–water partition coefficient (Wildman–Crippen LogP) is 0.516. The second kappa shape index (κ2) is 5.55. The third-order valence-electron chi connectivity index (χ3n) is 2.53. The smallest absolute Gasteiger partial charge is 0.340 e. The number of anilines is 2. The van der Waals surface area contributed by atoms with E-state index in [9.17, 15) is 9.59 Å². The molecular formula is C12H18N4O3. The van der Waals surface area contributed by atoms with Crippen molar-refractivity contribution in [2.75, 3.05) is 17.7 Å². The first-order chi connectivity index (χ1) is 8.79. The van der Waals surface area contributed by atoms with Gasteiger partial charge in [0, 0.05) is 6.20 Å². The summed E-state index contributed by atoms with van der Waals surface area (Å²) in [5.74, 6) is -0.882. The number of carbonyl (C=O) groups excluding carboxylic acids is 2. The number of carbonyl (C=O) groups is 2. The van der Waals surface area contributed by atoms with Gasteiger partial charge < -0.3 is 21.5 Å². The number of esters is 1. The van der Waals surface area contributed by atoms with Gasteiger partial charge >= 0.3 is 5.97 Å². The van der Waals surface area contributed by atoms with Crippen molar-refractivity contribution in [1.29, 1.82) is 0 Å². The van der Waals surface area contributed by atoms with Crippen molar-refractivity contribution in [3.63, 3.8) is 0 Å². The molecule has 0 aliphatic heterocycles. The molecule has 1 aromatic rings. The summed E-state index contributed by atoms with van der Waals surface area (Å²) in [5.41, 5.74) is 10.4. The zero-order valence-corrected chi connectivity index (χ0v) is 11.2. The number of ether oxygens (including phenoxy) is 1. The Morgan fingerprint density at radius 1 is 1.47 bits per heavy atom. The fourth-order valence-corrected chi connectivity index (χ4v) is 1.32. The summed E-state index contributed by atoms with van der Waals surface area (Å²) in [5, 5.41) is 2.80. The average molecular weight is 266 g/mol. The first kappa shape index (κ1) is 14.7. The molecule has 1 aromatic heterocycles. The maximum atomic E-state index is 11.7. The molecule has 0 saturated carbocycles. The second-order valence-corrected chi connectivity index (χ2v) is 4.46. The van der Waals surface area contributed by atoms with Gasteiger partial charge in [0.15, 0.2) is 5.82 Å². The minimum atomic E-state index is -1.03. The van der Waals surface area contributed by atoms with Gasteiger partial charge in [-0.2, -0.15) is 0 Å². The van der Waals surface area contributed by atoms with Crippen LogP contribution in [-0.2, 0) is 9.53 Å². The Balaban J connectivity index is 3.08. The number of hydrogen-bond acceptors (Lipinski definition) is 6. The molecule has 0 fully saturated rings. The summed E-state index contributed by atoms with van der Waals surface area (Å²) in [7, 11) is 0. The number of nitrogens with one attached hydrogen (secondary N) is 1. The van der Waals surface area contributed by atoms with Crippen LogP contribution in [0.3, 0.4) is 0 Å². The van der Waals surface area contributed by atoms with E-state index < -0.39 is 17.4 Å². The minimum Gasteiger partial charge on any atom is -0.462 e. The number of nitrogens with zero attached hydrogens (tertiary/aromatic N) is 1. The highest BCUT2D eigenvalue weighted by molar-refractivity contribution is 5.98. The largest absolute Gasteiger partial charge is 0.462 e. The normalized spacial score (nSPS) is 10.9. The highest BCUT2D eigenvalue weighted by Gasteiger charge is 2.26. The second-order valence-electron chi connectivity index (χ2n) is 4.46. The van der Waals surface area contributed by atoms with Gasteiger partial charge in [0.25, 0.3) is 0 Å². The average Bonchev–Trinajstić information content (AvgIpc) is 2.31. The van der Waals surface area contributed by atoms with E-state index in [0.717, 1.165) is 0 Å². The van der Waals surface area contributed by atoms with Crippen molar-refractivity contribution >= 4 is 23.4 Å². The molecule has 5 N–H and O–H groups in total. The van der Waals surface area contributed by atoms with Crippen LogP contribution in [0.5, 0.6) is 0 Å². The van der Waals surface area contributed by atoms with E-state index in [1.807, 2.05) is 0 Å². The van der Waals surface area contributed by atoms with Gasteiger partial charge in [0.1, 0.15) is 5.54 Å². The Bertz CT molecular complexity index is 500. The Kier molecular flexibility index (Phi) is 4.31. The quantitative estimate of drug-likeness (QED) is 0.668. The molecule has 1 heterocycles. The minimum absolute atomic E-state index is 0.121. The van der Waals surface area contributed by atoms with Gasteiger partial charge in [0.2, 0.25) is 5.91 Å². The zero-order chi connectivity index (χ0) is 14.6. The number of nitrogens with two attached hydrogens (primary N) is 2. The number of hydrogen-bond donors (Lipinski definition) is 3. The standard InChI is InChI=1S/C12H18N4O3/c1-4-19-10(17)7-5-6-15-9(8(7)13)16-12(2,3)11(14)18/h5-6H,4,13H2,1-3H3,(H2,14,18)(H,15,16). The Hall–Kier alpha value is -2.31. The number of pyridine rings is 1. The molecule has 0 bridgehead atoms. The summed E-state index contributed by atoms with van der Waals surface area (Å²) in [6.45, 7) is 5.13. The van der Waals surface area contributed by atoms with E-state index in [2.05, 4.69) is 10.3 Å². The molecule has 1 rings (SSSR count). The third kappa shape index (κ3) is 3.34. The summed E-state index contributed by atoms with van der Waals surface area (Å²) in [6.07, 6.45) is 1.40. The van der Waals surface area contributed by atoms with Crippen LogP contribution in [0.25, 0.3) is 0 Å². The van der Waals surface area contributed by atoms with Crippen LogP contribution in [0.2, 0.25) is 0 Å². The first-order valence-corrected chi connectivity index (χ1v) is 5.79. The molecule has 0 aliphatic carbocycles. The van der Waals surface area contributed by atoms with E-state index in [1.54, 1.807) is 20.8 Å². The van der Waals surface area contributed by atoms with Gasteiger partial charge in [0.05, 0.1) is 17.9 Å². The lowest BCUT2D eigenvalue weighted by molar-refractivity contribution is -0.121. The summed E-state index contributed by atoms with van der Waals surface area (Å²) >= 11 is 0. The van der Waals surface area contributed by atoms with Crippen LogP contribution < -0.4 is 16.8 Å². The van der Waals surface area contributed by atoms with E-state index in [0.29, 0.717) is 0 Å². The molecule has 7 nitrogen and oxygen atoms in total. The van der Waals surface area contributed by atoms with E-state index in [4.69, 9.17) is 16.2 Å². The van der Waals surface area contributed by atoms with E-state index in [1.165, 1.54) is 12.3 Å². The highest BCUT2D eigenvalue weighted by Crippen LogP contribution is 2.23. The Morgan fingerprint density at radius 3 is 2.63 bits per heavy atom. The number of primary amides is 1. The lowest BCUT2D eigenvalue weighted by atomic mass is 10.0. The number of rotatable bonds is 5. The summed E-state index contributed by atoms with van der Waals surface area (Å²) in [6, 6.07) is 1.45. The fourth-order valence-electron chi connectivity index (χ4n) is 1.32. The predicted molar refractivity (Wildman–Crippen MR) is 71.5 cm³/mol. The lowest BCUT2D eigenvalue weighted by Gasteiger charge is -2.24. The lowest BCUT2D eigenvalue weighted by Crippen LogP contribution is -2.45. The van der Waals surface area contributed by atoms with Crippen molar-refractivity contribution in [2.45, 2.75) is 26.3 Å². The molecule has 19 heavy (non-hydrogen) atoms. The van der Waals surface area contributed by atoms with Crippen molar-refractivity contribution in [3.05, 3.63) is 17.8 Å². The topological polar surface area (TPSA) is 120 Å². The fraction of sp³-hybridized carbons (Fsp3) is 0.417. The van der Waals surface area contributed by atoms with Crippen LogP contribution in [0, 0.1) is 0 Å². The molecule has 0 aliphatic rings. The van der Waals surface area contributed by atoms with Gasteiger partial charge in [-0.1, -0.05) is 0 Å². The number of amides is 1. The molecule has 104 valence electrons. The van der Waals surface area contributed by atoms with Gasteiger partial charge in [-0.3, -0.25) is 4.79 Å². The van der Waals surface area contributed by atoms with Crippen molar-refractivity contribution in [3.8, 4) is 0 Å².